The lowest BCUT2D eigenvalue weighted by Gasteiger charge is -2.49. The second kappa shape index (κ2) is 29.2. The van der Waals surface area contributed by atoms with Crippen LogP contribution < -0.4 is 21.3 Å². The number of nitrogens with one attached hydrogen (secondary N) is 4. The topological polar surface area (TPSA) is 247 Å². The maximum atomic E-state index is 14.8. The normalized spacial score (nSPS) is 33.3. The van der Waals surface area contributed by atoms with Crippen molar-refractivity contribution >= 4 is 46.8 Å². The molecule has 7 N–H and O–H groups in total. The van der Waals surface area contributed by atoms with E-state index in [2.05, 4.69) is 21.3 Å². The van der Waals surface area contributed by atoms with E-state index in [4.69, 9.17) is 35.3 Å². The largest absolute Gasteiger partial charge is 0.387 e. The lowest BCUT2D eigenvalue weighted by Crippen LogP contribution is -2.60. The van der Waals surface area contributed by atoms with Gasteiger partial charge in [0.15, 0.2) is 12.6 Å². The van der Waals surface area contributed by atoms with Gasteiger partial charge in [0.25, 0.3) is 0 Å². The molecule has 454 valence electrons. The minimum absolute atomic E-state index is 0.0532. The van der Waals surface area contributed by atoms with E-state index in [9.17, 15) is 39.3 Å². The van der Waals surface area contributed by atoms with Crippen LogP contribution in [0.2, 0.25) is 5.02 Å². The summed E-state index contributed by atoms with van der Waals surface area (Å²) in [6.07, 6.45) is -6.62. The summed E-state index contributed by atoms with van der Waals surface area (Å²) in [5.41, 5.74) is -0.235. The molecule has 0 spiro atoms. The first-order valence-corrected chi connectivity index (χ1v) is 29.2. The first-order chi connectivity index (χ1) is 38.6. The molecule has 0 radical (unpaired) electrons. The molecule has 19 nitrogen and oxygen atoms in total. The Bertz CT molecular complexity index is 2590. The van der Waals surface area contributed by atoms with E-state index < -0.39 is 114 Å². The Morgan fingerprint density at radius 3 is 2.18 bits per heavy atom. The zero-order valence-electron chi connectivity index (χ0n) is 50.1. The molecule has 3 aliphatic rings. The zero-order chi connectivity index (χ0) is 60.4. The fourth-order valence-corrected chi connectivity index (χ4v) is 12.1. The van der Waals surface area contributed by atoms with Crippen molar-refractivity contribution in [2.75, 3.05) is 46.7 Å². The molecule has 5 amide bonds. The maximum Gasteiger partial charge on any atom is 0.247 e. The predicted octanol–water partition coefficient (Wildman–Crippen LogP) is 5.28. The number of aliphatic hydroxyl groups excluding tert-OH is 2. The van der Waals surface area contributed by atoms with Crippen LogP contribution in [0.25, 0.3) is 0 Å². The van der Waals surface area contributed by atoms with Crippen LogP contribution in [0.4, 0.5) is 5.69 Å². The van der Waals surface area contributed by atoms with E-state index in [-0.39, 0.29) is 69.2 Å². The van der Waals surface area contributed by atoms with Crippen LogP contribution >= 0.6 is 11.6 Å². The second-order valence-corrected chi connectivity index (χ2v) is 24.7. The summed E-state index contributed by atoms with van der Waals surface area (Å²) in [6.45, 7) is 16.1. The average Bonchev–Trinajstić information content (AvgIpc) is 3.10. The van der Waals surface area contributed by atoms with Gasteiger partial charge in [0.05, 0.1) is 53.9 Å². The number of likely N-dealkylation sites (N-methyl/N-ethyl adjacent to an activating group) is 2. The number of hydrogen-bond donors (Lipinski definition) is 7. The maximum absolute atomic E-state index is 14.8. The Morgan fingerprint density at radius 2 is 1.55 bits per heavy atom. The minimum atomic E-state index is -1.72. The Morgan fingerprint density at radius 1 is 0.890 bits per heavy atom. The van der Waals surface area contributed by atoms with Crippen LogP contribution in [-0.4, -0.2) is 175 Å². The number of nitrogens with zero attached hydrogens (tertiary/aromatic N) is 2. The van der Waals surface area contributed by atoms with Crippen molar-refractivity contribution in [3.05, 3.63) is 101 Å². The molecule has 3 saturated heterocycles. The van der Waals surface area contributed by atoms with Gasteiger partial charge < -0.3 is 70.1 Å². The molecule has 3 aromatic rings. The average molecular weight is 1160 g/mol. The molecule has 3 heterocycles. The number of anilines is 1. The number of methoxy groups -OCH3 is 1. The third-order valence-corrected chi connectivity index (χ3v) is 17.1. The number of hydrogen-bond acceptors (Lipinski definition) is 14. The van der Waals surface area contributed by atoms with Crippen molar-refractivity contribution < 1.29 is 63.0 Å². The highest BCUT2D eigenvalue weighted by Gasteiger charge is 2.51. The highest BCUT2D eigenvalue weighted by molar-refractivity contribution is 6.31. The number of halogens is 1. The van der Waals surface area contributed by atoms with Crippen LogP contribution in [-0.2, 0) is 66.9 Å². The van der Waals surface area contributed by atoms with Crippen molar-refractivity contribution in [2.24, 2.45) is 29.6 Å². The van der Waals surface area contributed by atoms with Gasteiger partial charge in [-0.15, -0.1) is 0 Å². The van der Waals surface area contributed by atoms with Crippen LogP contribution in [0, 0.1) is 29.6 Å². The first-order valence-electron chi connectivity index (χ1n) is 28.8. The zero-order valence-corrected chi connectivity index (χ0v) is 50.9. The van der Waals surface area contributed by atoms with E-state index in [0.29, 0.717) is 28.3 Å². The van der Waals surface area contributed by atoms with Crippen molar-refractivity contribution in [3.8, 4) is 0 Å². The minimum Gasteiger partial charge on any atom is -0.387 e. The number of carbonyl (C=O) groups excluding carboxylic acids is 5. The van der Waals surface area contributed by atoms with Gasteiger partial charge >= 0.3 is 0 Å². The SMILES string of the molecule is CO[C@]1(C)C[C@H](O[C@H]2[C@H](C)[C@@H](O[C@@H]3O[C@H](C)C[C@H](N(C)C)[C@H]3O)[C@](C)(O)C[C@@H](C)CN(C)C(=O)[C@@H](Cc3ccc(NC(=O)[C@H](Cc4ccccc4Cl)NC(=O)Cc4ccccc4)cc3)NC(=O)[C@@H](C(C)C)CNC(=O)[C@@H]2C)O[C@@H](C)[C@@H]1O. The third kappa shape index (κ3) is 17.3. The molecule has 6 rings (SSSR count). The fourth-order valence-electron chi connectivity index (χ4n) is 11.9. The van der Waals surface area contributed by atoms with Crippen LogP contribution in [0.3, 0.4) is 0 Å². The molecule has 0 unspecified atom stereocenters. The summed E-state index contributed by atoms with van der Waals surface area (Å²) >= 11 is 6.51. The summed E-state index contributed by atoms with van der Waals surface area (Å²) in [7, 11) is 6.87. The van der Waals surface area contributed by atoms with Crippen molar-refractivity contribution in [3.63, 3.8) is 0 Å². The van der Waals surface area contributed by atoms with Crippen molar-refractivity contribution in [1.82, 2.24) is 25.8 Å². The molecule has 3 aliphatic heterocycles. The van der Waals surface area contributed by atoms with E-state index >= 15 is 0 Å². The van der Waals surface area contributed by atoms with Gasteiger partial charge in [0, 0.05) is 69.2 Å². The number of rotatable bonds is 16. The fraction of sp³-hybridized carbons (Fsp3) is 0.629. The van der Waals surface area contributed by atoms with Crippen LogP contribution in [0.15, 0.2) is 78.9 Å². The van der Waals surface area contributed by atoms with Crippen LogP contribution in [0.5, 0.6) is 0 Å². The monoisotopic (exact) mass is 1160 g/mol. The summed E-state index contributed by atoms with van der Waals surface area (Å²) in [6, 6.07) is 20.8. The summed E-state index contributed by atoms with van der Waals surface area (Å²) in [4.78, 5) is 74.8. The number of ether oxygens (including phenoxy) is 5. The summed E-state index contributed by atoms with van der Waals surface area (Å²) < 4.78 is 32.1. The molecule has 0 aliphatic carbocycles. The standard InChI is InChI=1S/C62H91ClN6O13/c1-35(2)45-33-64-56(73)39(6)53(81-51-32-62(9,78-13)54(72)40(7)80-51)38(5)55(82-60-52(71)49(68(10)11)27-37(4)79-60)61(8,77)31-36(3)34-69(12)59(76)48(67-57(45)74)28-42-23-25-44(26-24-42)65-58(75)47(30-43-21-17-18-22-46(43)63)66-50(70)29-41-19-15-14-16-20-41/h14-26,35-40,45,47-49,51-55,60,71-72,77H,27-34H2,1-13H3,(H,64,73)(H,65,75)(H,66,70)(H,67,74)/t36-,37-,38+,39-,40+,45-,47+,48-,49+,51+,52-,53+,54+,55-,60+,61-,62-/m1/s1. The molecular weight excluding hydrogens is 1070 g/mol. The molecule has 0 aromatic heterocycles. The van der Waals surface area contributed by atoms with Gasteiger partial charge in [-0.25, -0.2) is 0 Å². The highest BCUT2D eigenvalue weighted by atomic mass is 35.5. The molecule has 0 saturated carbocycles. The Balaban J connectivity index is 1.29. The van der Waals surface area contributed by atoms with Gasteiger partial charge in [-0.3, -0.25) is 24.0 Å². The molecular formula is C62H91ClN6O13. The second-order valence-electron chi connectivity index (χ2n) is 24.3. The Labute approximate surface area is 489 Å². The van der Waals surface area contributed by atoms with Gasteiger partial charge in [0.1, 0.15) is 24.3 Å². The number of aliphatic hydroxyl groups is 3. The molecule has 3 fully saturated rings. The smallest absolute Gasteiger partial charge is 0.247 e. The number of benzene rings is 3. The highest BCUT2D eigenvalue weighted by Crippen LogP contribution is 2.39. The lowest BCUT2D eigenvalue weighted by atomic mass is 9.77. The number of carbonyl (C=O) groups is 5. The van der Waals surface area contributed by atoms with Crippen molar-refractivity contribution in [1.29, 1.82) is 0 Å². The van der Waals surface area contributed by atoms with Gasteiger partial charge in [-0.05, 0) is 101 Å². The Hall–Kier alpha value is -5.06. The lowest BCUT2D eigenvalue weighted by molar-refractivity contribution is -0.317. The third-order valence-electron chi connectivity index (χ3n) is 16.7. The molecule has 3 aromatic carbocycles. The van der Waals surface area contributed by atoms with E-state index in [1.54, 1.807) is 77.2 Å². The molecule has 82 heavy (non-hydrogen) atoms. The van der Waals surface area contributed by atoms with Gasteiger partial charge in [0.2, 0.25) is 29.5 Å². The molecule has 17 atom stereocenters. The van der Waals surface area contributed by atoms with E-state index in [1.165, 1.54) is 12.0 Å². The number of amides is 5. The quantitative estimate of drug-likeness (QED) is 0.0965. The van der Waals surface area contributed by atoms with Crippen LogP contribution in [0.1, 0.15) is 98.3 Å². The van der Waals surface area contributed by atoms with E-state index in [0.717, 1.165) is 5.56 Å². The summed E-state index contributed by atoms with van der Waals surface area (Å²) in [5.74, 6) is -5.42. The van der Waals surface area contributed by atoms with E-state index in [1.807, 2.05) is 90.0 Å². The van der Waals surface area contributed by atoms with Gasteiger partial charge in [-0.2, -0.15) is 0 Å². The summed E-state index contributed by atoms with van der Waals surface area (Å²) in [5, 5.41) is 48.2. The molecule has 20 heteroatoms. The first kappa shape index (κ1) is 66.1. The van der Waals surface area contributed by atoms with Crippen molar-refractivity contribution in [2.45, 2.75) is 179 Å². The molecule has 0 bridgehead atoms. The van der Waals surface area contributed by atoms with Gasteiger partial charge in [-0.1, -0.05) is 107 Å². The predicted molar refractivity (Wildman–Crippen MR) is 312 cm³/mol. The Kier molecular flexibility index (Phi) is 23.5.